The van der Waals surface area contributed by atoms with Crippen LogP contribution in [-0.4, -0.2) is 66.0 Å². The van der Waals surface area contributed by atoms with E-state index in [1.165, 1.54) is 24.0 Å². The van der Waals surface area contributed by atoms with Gasteiger partial charge >= 0.3 is 0 Å². The van der Waals surface area contributed by atoms with Crippen LogP contribution in [0, 0.1) is 0 Å². The van der Waals surface area contributed by atoms with Crippen molar-refractivity contribution in [3.05, 3.63) is 52.0 Å². The molecule has 13 heteroatoms. The van der Waals surface area contributed by atoms with Crippen LogP contribution < -0.4 is 20.4 Å². The van der Waals surface area contributed by atoms with E-state index in [0.717, 1.165) is 4.90 Å². The number of rotatable bonds is 9. The summed E-state index contributed by atoms with van der Waals surface area (Å²) in [5.74, 6) is -3.25. The number of aromatic hydroxyl groups is 1. The molecule has 0 unspecified atom stereocenters. The minimum atomic E-state index is -1.31. The summed E-state index contributed by atoms with van der Waals surface area (Å²) in [6.07, 6.45) is 0.310. The molecule has 0 fully saturated rings. The summed E-state index contributed by atoms with van der Waals surface area (Å²) < 4.78 is 0. The number of amides is 4. The maximum Gasteiger partial charge on any atom is 0.252 e. The van der Waals surface area contributed by atoms with Gasteiger partial charge in [0.15, 0.2) is 5.75 Å². The van der Waals surface area contributed by atoms with Crippen molar-refractivity contribution in [1.82, 2.24) is 10.6 Å². The van der Waals surface area contributed by atoms with Gasteiger partial charge in [-0.2, -0.15) is 0 Å². The van der Waals surface area contributed by atoms with Gasteiger partial charge in [0.2, 0.25) is 11.8 Å². The standard InChI is InChI=1S/C26H26Cl2N4O7/c1-3-23(36)31-11-19(30-25(38)15-9-17(27)24(37)18(28)10-15)26(39)32(21-7-5-4-6-20(21)31)12-22(35)29-16(13-33)8-14(2)34/h4-7,9-10,13,16,19,37H,3,8,11-12H2,1-2H3,(H,29,35)(H,30,38)/t16-,19-/m0/s1. The number of carbonyl (C=O) groups is 6. The quantitative estimate of drug-likeness (QED) is 0.387. The molecule has 3 rings (SSSR count). The zero-order chi connectivity index (χ0) is 28.9. The molecule has 1 aliphatic rings. The summed E-state index contributed by atoms with van der Waals surface area (Å²) in [5, 5.41) is 14.4. The third kappa shape index (κ3) is 6.92. The first-order chi connectivity index (χ1) is 18.5. The second kappa shape index (κ2) is 12.7. The summed E-state index contributed by atoms with van der Waals surface area (Å²) in [4.78, 5) is 77.8. The Kier molecular flexibility index (Phi) is 9.66. The number of aldehydes is 1. The van der Waals surface area contributed by atoms with Crippen molar-refractivity contribution in [1.29, 1.82) is 0 Å². The number of ketones is 1. The Morgan fingerprint density at radius 3 is 2.31 bits per heavy atom. The number of carbonyl (C=O) groups excluding carboxylic acids is 6. The molecular weight excluding hydrogens is 551 g/mol. The third-order valence-corrected chi connectivity index (χ3v) is 6.48. The van der Waals surface area contributed by atoms with Gasteiger partial charge in [0.05, 0.1) is 34.0 Å². The Bertz CT molecular complexity index is 1310. The summed E-state index contributed by atoms with van der Waals surface area (Å²) in [5.41, 5.74) is 0.530. The Hall–Kier alpha value is -3.96. The largest absolute Gasteiger partial charge is 0.505 e. The Balaban J connectivity index is 1.98. The van der Waals surface area contributed by atoms with Crippen LogP contribution in [0.2, 0.25) is 10.0 Å². The second-order valence-corrected chi connectivity index (χ2v) is 9.62. The topological polar surface area (TPSA) is 153 Å². The van der Waals surface area contributed by atoms with Crippen molar-refractivity contribution in [2.24, 2.45) is 0 Å². The molecule has 0 bridgehead atoms. The SMILES string of the molecule is CCC(=O)N1C[C@H](NC(=O)c2cc(Cl)c(O)c(Cl)c2)C(=O)N(CC(=O)N[C@H](C=O)CC(C)=O)c2ccccc21. The van der Waals surface area contributed by atoms with Gasteiger partial charge in [0.25, 0.3) is 11.8 Å². The monoisotopic (exact) mass is 576 g/mol. The number of benzene rings is 2. The molecule has 0 saturated heterocycles. The van der Waals surface area contributed by atoms with E-state index < -0.39 is 42.1 Å². The summed E-state index contributed by atoms with van der Waals surface area (Å²) >= 11 is 11.9. The minimum absolute atomic E-state index is 0.0481. The molecule has 2 atom stereocenters. The molecule has 3 N–H and O–H groups in total. The molecule has 11 nitrogen and oxygen atoms in total. The highest BCUT2D eigenvalue weighted by atomic mass is 35.5. The van der Waals surface area contributed by atoms with E-state index in [0.29, 0.717) is 12.0 Å². The lowest BCUT2D eigenvalue weighted by Crippen LogP contribution is -2.54. The molecule has 0 saturated carbocycles. The van der Waals surface area contributed by atoms with Gasteiger partial charge in [-0.3, -0.25) is 28.9 Å². The second-order valence-electron chi connectivity index (χ2n) is 8.80. The molecule has 2 aromatic rings. The van der Waals surface area contributed by atoms with Crippen LogP contribution >= 0.6 is 23.2 Å². The van der Waals surface area contributed by atoms with Crippen LogP contribution in [0.25, 0.3) is 0 Å². The van der Waals surface area contributed by atoms with Crippen molar-refractivity contribution >= 4 is 70.3 Å². The molecule has 206 valence electrons. The van der Waals surface area contributed by atoms with Crippen molar-refractivity contribution < 1.29 is 33.9 Å². The molecule has 0 radical (unpaired) electrons. The fraction of sp³-hybridized carbons (Fsp3) is 0.308. The number of nitrogens with one attached hydrogen (secondary N) is 2. The molecule has 0 spiro atoms. The van der Waals surface area contributed by atoms with Crippen LogP contribution in [0.5, 0.6) is 5.75 Å². The predicted molar refractivity (Wildman–Crippen MR) is 144 cm³/mol. The van der Waals surface area contributed by atoms with E-state index in [1.807, 2.05) is 0 Å². The normalized spacial score (nSPS) is 15.6. The summed E-state index contributed by atoms with van der Waals surface area (Å²) in [6, 6.07) is 6.39. The average Bonchev–Trinajstić information content (AvgIpc) is 3.01. The van der Waals surface area contributed by atoms with Crippen molar-refractivity contribution in [3.63, 3.8) is 0 Å². The number of nitrogens with zero attached hydrogens (tertiary/aromatic N) is 2. The Morgan fingerprint density at radius 1 is 1.13 bits per heavy atom. The molecule has 4 amide bonds. The fourth-order valence-electron chi connectivity index (χ4n) is 4.06. The molecule has 1 heterocycles. The van der Waals surface area contributed by atoms with Gasteiger partial charge in [0, 0.05) is 18.4 Å². The highest BCUT2D eigenvalue weighted by Crippen LogP contribution is 2.34. The highest BCUT2D eigenvalue weighted by Gasteiger charge is 2.37. The van der Waals surface area contributed by atoms with Gasteiger partial charge in [0.1, 0.15) is 24.7 Å². The smallest absolute Gasteiger partial charge is 0.252 e. The van der Waals surface area contributed by atoms with Crippen LogP contribution in [0.1, 0.15) is 37.0 Å². The number of phenols is 1. The molecule has 2 aromatic carbocycles. The average molecular weight is 577 g/mol. The van der Waals surface area contributed by atoms with E-state index >= 15 is 0 Å². The van der Waals surface area contributed by atoms with E-state index in [2.05, 4.69) is 10.6 Å². The van der Waals surface area contributed by atoms with Gasteiger partial charge < -0.3 is 25.4 Å². The van der Waals surface area contributed by atoms with Crippen LogP contribution in [0.15, 0.2) is 36.4 Å². The van der Waals surface area contributed by atoms with Crippen LogP contribution in [0.3, 0.4) is 0 Å². The zero-order valence-electron chi connectivity index (χ0n) is 21.1. The number of Topliss-reactive ketones (excluding diaryl/α,β-unsaturated/α-hetero) is 1. The number of para-hydroxylation sites is 2. The zero-order valence-corrected chi connectivity index (χ0v) is 22.6. The van der Waals surface area contributed by atoms with Crippen molar-refractivity contribution in [2.45, 2.75) is 38.8 Å². The molecular formula is C26H26Cl2N4O7. The fourth-order valence-corrected chi connectivity index (χ4v) is 4.55. The van der Waals surface area contributed by atoms with E-state index in [-0.39, 0.29) is 52.4 Å². The Morgan fingerprint density at radius 2 is 1.74 bits per heavy atom. The summed E-state index contributed by atoms with van der Waals surface area (Å²) in [7, 11) is 0. The first-order valence-corrected chi connectivity index (χ1v) is 12.7. The van der Waals surface area contributed by atoms with Crippen LogP contribution in [0.4, 0.5) is 11.4 Å². The number of phenolic OH excluding ortho intramolecular Hbond substituents is 1. The number of anilines is 2. The maximum atomic E-state index is 13.8. The number of fused-ring (bicyclic) bond motifs is 1. The van der Waals surface area contributed by atoms with Crippen molar-refractivity contribution in [3.8, 4) is 5.75 Å². The van der Waals surface area contributed by atoms with Gasteiger partial charge in [-0.15, -0.1) is 0 Å². The highest BCUT2D eigenvalue weighted by molar-refractivity contribution is 6.37. The van der Waals surface area contributed by atoms with Gasteiger partial charge in [-0.1, -0.05) is 42.3 Å². The number of halogens is 2. The molecule has 1 aliphatic heterocycles. The minimum Gasteiger partial charge on any atom is -0.505 e. The van der Waals surface area contributed by atoms with Crippen LogP contribution in [-0.2, 0) is 24.0 Å². The first-order valence-electron chi connectivity index (χ1n) is 11.9. The number of hydrogen-bond acceptors (Lipinski definition) is 7. The predicted octanol–water partition coefficient (Wildman–Crippen LogP) is 2.25. The summed E-state index contributed by atoms with van der Waals surface area (Å²) in [6.45, 7) is 2.12. The van der Waals surface area contributed by atoms with E-state index in [4.69, 9.17) is 23.2 Å². The lowest BCUT2D eigenvalue weighted by atomic mass is 10.1. The van der Waals surface area contributed by atoms with Gasteiger partial charge in [-0.25, -0.2) is 0 Å². The molecule has 0 aromatic heterocycles. The first kappa shape index (κ1) is 29.6. The number of hydrogen-bond donors (Lipinski definition) is 3. The lowest BCUT2D eigenvalue weighted by molar-refractivity contribution is -0.127. The maximum absolute atomic E-state index is 13.8. The third-order valence-electron chi connectivity index (χ3n) is 5.90. The van der Waals surface area contributed by atoms with Gasteiger partial charge in [-0.05, 0) is 31.2 Å². The lowest BCUT2D eigenvalue weighted by Gasteiger charge is -2.25. The van der Waals surface area contributed by atoms with E-state index in [1.54, 1.807) is 31.2 Å². The van der Waals surface area contributed by atoms with Crippen molar-refractivity contribution in [2.75, 3.05) is 22.9 Å². The molecule has 39 heavy (non-hydrogen) atoms. The van der Waals surface area contributed by atoms with E-state index in [9.17, 15) is 33.9 Å². The Labute approximate surface area is 234 Å². The molecule has 0 aliphatic carbocycles.